The van der Waals surface area contributed by atoms with Crippen molar-refractivity contribution in [1.29, 1.82) is 0 Å². The van der Waals surface area contributed by atoms with E-state index in [4.69, 9.17) is 11.5 Å². The average Bonchev–Trinajstić information content (AvgIpc) is 3.29. The van der Waals surface area contributed by atoms with E-state index >= 15 is 0 Å². The smallest absolute Gasteiger partial charge is 0.430 e. The number of primary amides is 2. The van der Waals surface area contributed by atoms with Crippen molar-refractivity contribution in [3.63, 3.8) is 0 Å². The molecule has 0 fully saturated rings. The van der Waals surface area contributed by atoms with Crippen molar-refractivity contribution in [3.05, 3.63) is 117 Å². The number of aromatic hydroxyl groups is 3. The molecule has 0 bridgehead atoms. The molecule has 2 amide bonds. The lowest BCUT2D eigenvalue weighted by Gasteiger charge is -2.32. The van der Waals surface area contributed by atoms with Gasteiger partial charge in [-0.2, -0.15) is 26.3 Å². The van der Waals surface area contributed by atoms with Crippen LogP contribution in [0.1, 0.15) is 206 Å². The van der Waals surface area contributed by atoms with Crippen molar-refractivity contribution in [1.82, 2.24) is 4.98 Å². The minimum Gasteiger partial charge on any atom is -0.507 e. The Morgan fingerprint density at radius 3 is 1.62 bits per heavy atom. The molecule has 1 aromatic heterocycles. The molecule has 9 N–H and O–H groups in total. The van der Waals surface area contributed by atoms with Gasteiger partial charge in [0.15, 0.2) is 0 Å². The molecule has 73 heavy (non-hydrogen) atoms. The topological polar surface area (TPSA) is 200 Å². The maximum atomic E-state index is 14.3. The Kier molecular flexibility index (Phi) is 19.1. The van der Waals surface area contributed by atoms with Crippen molar-refractivity contribution >= 4 is 24.0 Å². The number of aromatic nitrogens is 1. The number of alkyl halides is 6. The van der Waals surface area contributed by atoms with Crippen LogP contribution in [0, 0.1) is 0 Å². The summed E-state index contributed by atoms with van der Waals surface area (Å²) >= 11 is 0. The summed E-state index contributed by atoms with van der Waals surface area (Å²) in [5, 5.41) is 56.1. The Labute approximate surface area is 426 Å². The summed E-state index contributed by atoms with van der Waals surface area (Å²) in [6, 6.07) is 13.5. The lowest BCUT2D eigenvalue weighted by molar-refractivity contribution is -0.255. The zero-order valence-electron chi connectivity index (χ0n) is 43.7. The van der Waals surface area contributed by atoms with Crippen LogP contribution in [0.5, 0.6) is 17.2 Å². The second-order valence-corrected chi connectivity index (χ2v) is 22.0. The molecule has 5 atom stereocenters. The number of carbonyl (C=O) groups is 2. The molecule has 0 aliphatic rings. The zero-order chi connectivity index (χ0) is 55.2. The van der Waals surface area contributed by atoms with Gasteiger partial charge in [0.1, 0.15) is 17.2 Å². The minimum atomic E-state index is -5.46. The highest BCUT2D eigenvalue weighted by atomic mass is 19.4. The first kappa shape index (κ1) is 59.9. The van der Waals surface area contributed by atoms with Crippen LogP contribution in [0.4, 0.5) is 26.3 Å². The van der Waals surface area contributed by atoms with E-state index in [9.17, 15) is 61.5 Å². The molecular formula is C57H75F6N3O7. The van der Waals surface area contributed by atoms with E-state index in [2.05, 4.69) is 18.8 Å². The third-order valence-corrected chi connectivity index (χ3v) is 14.5. The minimum absolute atomic E-state index is 0.0520. The number of rotatable bonds is 23. The van der Waals surface area contributed by atoms with E-state index < -0.39 is 70.0 Å². The van der Waals surface area contributed by atoms with Gasteiger partial charge in [0.2, 0.25) is 5.60 Å². The SMILES string of the molecule is CC(C)c1cc(C(O)(C(N)=O)C(F)(F)F)cc(C(C)CCC(C)c2cc(CCCCCCC(O)(C(N)=O)C(F)(F)F)cc(C(C)CCC(C)(C)c3cc(C=Cc4cccnc4)cc(C(C)(C)C)c3O)c2O)c1O. The molecular weight excluding hydrogens is 953 g/mol. The summed E-state index contributed by atoms with van der Waals surface area (Å²) in [6.07, 6.45) is -0.763. The number of amides is 2. The zero-order valence-corrected chi connectivity index (χ0v) is 43.7. The standard InChI is InChI=1S/C57H75F6N3O7/c1-33(2)41-30-40(55(73,51(65)71)57(61,62)63)31-44(47(41)67)35(4)19-18-34(3)42-26-38(16-13-11-12-14-23-54(72,50(64)70)56(58,59)60)27-43(48(42)68)36(5)22-24-53(9,10)46-29-39(21-20-37-17-15-25-66-32-37)28-45(49(46)69)52(6,7)8/h15,17,20-21,25-36,67-69,72-73H,11-14,16,18-19,22-24H2,1-10H3,(H2,64,70)(H2,65,71). The van der Waals surface area contributed by atoms with E-state index in [0.29, 0.717) is 49.7 Å². The molecule has 0 radical (unpaired) electrons. The van der Waals surface area contributed by atoms with Crippen LogP contribution in [0.25, 0.3) is 12.2 Å². The number of hydrogen-bond donors (Lipinski definition) is 7. The van der Waals surface area contributed by atoms with Crippen molar-refractivity contribution < 1.29 is 61.5 Å². The van der Waals surface area contributed by atoms with Crippen LogP contribution < -0.4 is 11.5 Å². The summed E-state index contributed by atoms with van der Waals surface area (Å²) in [7, 11) is 0. The number of nitrogens with two attached hydrogens (primary N) is 2. The van der Waals surface area contributed by atoms with E-state index in [1.54, 1.807) is 33.2 Å². The molecule has 16 heteroatoms. The molecule has 0 aliphatic heterocycles. The number of halogens is 6. The van der Waals surface area contributed by atoms with Crippen LogP contribution in [-0.4, -0.2) is 60.3 Å². The number of nitrogens with zero attached hydrogens (tertiary/aromatic N) is 1. The van der Waals surface area contributed by atoms with Crippen LogP contribution in [0.2, 0.25) is 0 Å². The van der Waals surface area contributed by atoms with E-state index in [1.165, 1.54) is 0 Å². The Bertz CT molecular complexity index is 2590. The fourth-order valence-electron chi connectivity index (χ4n) is 9.44. The Balaban J connectivity index is 1.68. The van der Waals surface area contributed by atoms with Gasteiger partial charge in [-0.25, -0.2) is 0 Å². The number of phenolic OH excluding ortho intramolecular Hbond substituents is 3. The quantitative estimate of drug-likeness (QED) is 0.0281. The first-order valence-corrected chi connectivity index (χ1v) is 24.9. The van der Waals surface area contributed by atoms with Crippen LogP contribution >= 0.6 is 0 Å². The van der Waals surface area contributed by atoms with Gasteiger partial charge in [0.05, 0.1) is 0 Å². The molecule has 1 heterocycles. The van der Waals surface area contributed by atoms with Gasteiger partial charge in [-0.3, -0.25) is 14.6 Å². The maximum Gasteiger partial charge on any atom is 0.430 e. The lowest BCUT2D eigenvalue weighted by Crippen LogP contribution is -2.55. The second kappa shape index (κ2) is 23.3. The Morgan fingerprint density at radius 2 is 1.12 bits per heavy atom. The first-order chi connectivity index (χ1) is 33.6. The van der Waals surface area contributed by atoms with E-state index in [1.807, 2.05) is 83.2 Å². The molecule has 4 rings (SSSR count). The van der Waals surface area contributed by atoms with Gasteiger partial charge >= 0.3 is 12.4 Å². The van der Waals surface area contributed by atoms with Gasteiger partial charge < -0.3 is 37.0 Å². The molecule has 10 nitrogen and oxygen atoms in total. The fraction of sp³-hybridized carbons (Fsp3) is 0.526. The largest absolute Gasteiger partial charge is 0.507 e. The molecule has 0 aliphatic carbocycles. The average molecular weight is 1030 g/mol. The number of unbranched alkanes of at least 4 members (excludes halogenated alkanes) is 3. The summed E-state index contributed by atoms with van der Waals surface area (Å²) in [5.41, 5.74) is 6.26. The monoisotopic (exact) mass is 1030 g/mol. The Hall–Kier alpha value is -5.61. The van der Waals surface area contributed by atoms with Crippen LogP contribution in [0.15, 0.2) is 60.9 Å². The molecule has 4 aromatic rings. The predicted octanol–water partition coefficient (Wildman–Crippen LogP) is 12.8. The highest BCUT2D eigenvalue weighted by molar-refractivity contribution is 5.86. The third kappa shape index (κ3) is 14.0. The number of aryl methyl sites for hydroxylation is 1. The molecule has 0 spiro atoms. The molecule has 3 aromatic carbocycles. The highest BCUT2D eigenvalue weighted by Gasteiger charge is 2.60. The van der Waals surface area contributed by atoms with Crippen molar-refractivity contribution in [3.8, 4) is 17.2 Å². The number of hydrogen-bond acceptors (Lipinski definition) is 8. The number of phenols is 3. The van der Waals surface area contributed by atoms with Gasteiger partial charge in [-0.05, 0) is 155 Å². The van der Waals surface area contributed by atoms with Crippen LogP contribution in [0.3, 0.4) is 0 Å². The summed E-state index contributed by atoms with van der Waals surface area (Å²) in [4.78, 5) is 28.0. The van der Waals surface area contributed by atoms with Gasteiger partial charge in [0, 0.05) is 29.1 Å². The second-order valence-electron chi connectivity index (χ2n) is 22.0. The normalized spacial score (nSPS) is 15.8. The van der Waals surface area contributed by atoms with Gasteiger partial charge in [-0.15, -0.1) is 0 Å². The summed E-state index contributed by atoms with van der Waals surface area (Å²) in [6.45, 7) is 19.1. The third-order valence-electron chi connectivity index (χ3n) is 14.5. The van der Waals surface area contributed by atoms with Gasteiger partial charge in [-0.1, -0.05) is 112 Å². The number of aliphatic hydroxyl groups is 2. The molecule has 5 unspecified atom stereocenters. The van der Waals surface area contributed by atoms with Crippen LogP contribution in [-0.2, 0) is 32.4 Å². The maximum absolute atomic E-state index is 14.3. The summed E-state index contributed by atoms with van der Waals surface area (Å²) < 4.78 is 83.3. The molecule has 0 saturated carbocycles. The van der Waals surface area contributed by atoms with Crippen molar-refractivity contribution in [2.45, 2.75) is 192 Å². The van der Waals surface area contributed by atoms with Crippen molar-refractivity contribution in [2.24, 2.45) is 11.5 Å². The van der Waals surface area contributed by atoms with E-state index in [-0.39, 0.29) is 59.5 Å². The fourth-order valence-corrected chi connectivity index (χ4v) is 9.44. The number of pyridine rings is 1. The van der Waals surface area contributed by atoms with Gasteiger partial charge in [0.25, 0.3) is 17.4 Å². The Morgan fingerprint density at radius 1 is 0.616 bits per heavy atom. The summed E-state index contributed by atoms with van der Waals surface area (Å²) in [5.74, 6) is -5.59. The van der Waals surface area contributed by atoms with E-state index in [0.717, 1.165) is 39.9 Å². The first-order valence-electron chi connectivity index (χ1n) is 24.9. The number of benzene rings is 3. The molecule has 0 saturated heterocycles. The lowest BCUT2D eigenvalue weighted by atomic mass is 9.74. The predicted molar refractivity (Wildman–Crippen MR) is 273 cm³/mol. The molecule has 402 valence electrons. The highest BCUT2D eigenvalue weighted by Crippen LogP contribution is 2.48. The number of carbonyl (C=O) groups excluding carboxylic acids is 2. The van der Waals surface area contributed by atoms with Crippen molar-refractivity contribution in [2.75, 3.05) is 0 Å².